The number of esters is 1. The van der Waals surface area contributed by atoms with Crippen LogP contribution in [0.15, 0.2) is 72.1 Å². The Kier molecular flexibility index (Phi) is 4.64. The number of carbonyl (C=O) groups excluding carboxylic acids is 1. The molecule has 29 heavy (non-hydrogen) atoms. The molecule has 146 valence electrons. The Bertz CT molecular complexity index is 1150. The van der Waals surface area contributed by atoms with Gasteiger partial charge >= 0.3 is 5.97 Å². The molecule has 1 atom stereocenters. The standard InChI is InChI=1S/C22H18N2O5/c1-2-28-22(25)20-18(14-7-10-15(11-8-14)24(26)27)19-16-6-4-3-5-13(16)9-12-17(19)29-21(20)23/h3-12,18H,2,23H2,1H3/t18-/m0/s1. The highest BCUT2D eigenvalue weighted by Gasteiger charge is 2.36. The van der Waals surface area contributed by atoms with Gasteiger partial charge in [-0.25, -0.2) is 4.79 Å². The summed E-state index contributed by atoms with van der Waals surface area (Å²) in [5, 5.41) is 12.9. The molecule has 0 saturated heterocycles. The van der Waals surface area contributed by atoms with Crippen molar-refractivity contribution in [2.45, 2.75) is 12.8 Å². The van der Waals surface area contributed by atoms with E-state index in [1.807, 2.05) is 36.4 Å². The van der Waals surface area contributed by atoms with E-state index in [4.69, 9.17) is 15.2 Å². The third-order valence-electron chi connectivity index (χ3n) is 4.93. The van der Waals surface area contributed by atoms with Crippen molar-refractivity contribution in [2.75, 3.05) is 6.61 Å². The molecule has 7 heteroatoms. The minimum Gasteiger partial charge on any atom is -0.462 e. The number of fused-ring (bicyclic) bond motifs is 3. The molecule has 2 N–H and O–H groups in total. The number of hydrogen-bond donors (Lipinski definition) is 1. The Morgan fingerprint density at radius 2 is 1.86 bits per heavy atom. The Labute approximate surface area is 166 Å². The molecule has 0 bridgehead atoms. The molecule has 0 amide bonds. The van der Waals surface area contributed by atoms with Crippen LogP contribution < -0.4 is 10.5 Å². The molecule has 1 aliphatic heterocycles. The smallest absolute Gasteiger partial charge is 0.340 e. The van der Waals surface area contributed by atoms with Crippen LogP contribution >= 0.6 is 0 Å². The first-order chi connectivity index (χ1) is 14.0. The number of non-ortho nitro benzene ring substituents is 1. The Hall–Kier alpha value is -3.87. The molecule has 4 rings (SSSR count). The summed E-state index contributed by atoms with van der Waals surface area (Å²) in [7, 11) is 0. The van der Waals surface area contributed by atoms with Crippen molar-refractivity contribution in [3.8, 4) is 5.75 Å². The lowest BCUT2D eigenvalue weighted by molar-refractivity contribution is -0.384. The van der Waals surface area contributed by atoms with Crippen molar-refractivity contribution < 1.29 is 19.2 Å². The number of nitrogens with two attached hydrogens (primary N) is 1. The van der Waals surface area contributed by atoms with Crippen LogP contribution in [0.5, 0.6) is 5.75 Å². The van der Waals surface area contributed by atoms with Crippen LogP contribution in [-0.4, -0.2) is 17.5 Å². The fraction of sp³-hybridized carbons (Fsp3) is 0.136. The van der Waals surface area contributed by atoms with Gasteiger partial charge in [-0.3, -0.25) is 10.1 Å². The SMILES string of the molecule is CCOC(=O)C1=C(N)Oc2ccc3ccccc3c2[C@@H]1c1ccc([N+](=O)[O-])cc1. The molecule has 3 aromatic carbocycles. The number of nitro groups is 1. The molecule has 0 unspecified atom stereocenters. The zero-order chi connectivity index (χ0) is 20.5. The van der Waals surface area contributed by atoms with Gasteiger partial charge < -0.3 is 15.2 Å². The van der Waals surface area contributed by atoms with Crippen molar-refractivity contribution in [3.05, 3.63) is 93.4 Å². The van der Waals surface area contributed by atoms with E-state index >= 15 is 0 Å². The average Bonchev–Trinajstić information content (AvgIpc) is 2.72. The fourth-order valence-electron chi connectivity index (χ4n) is 3.67. The van der Waals surface area contributed by atoms with Crippen LogP contribution in [-0.2, 0) is 9.53 Å². The first-order valence-corrected chi connectivity index (χ1v) is 9.12. The number of ether oxygens (including phenoxy) is 2. The maximum atomic E-state index is 12.8. The lowest BCUT2D eigenvalue weighted by atomic mass is 9.80. The Morgan fingerprint density at radius 3 is 2.55 bits per heavy atom. The topological polar surface area (TPSA) is 105 Å². The maximum Gasteiger partial charge on any atom is 0.340 e. The molecule has 0 fully saturated rings. The zero-order valence-electron chi connectivity index (χ0n) is 15.6. The largest absolute Gasteiger partial charge is 0.462 e. The molecular formula is C22H18N2O5. The summed E-state index contributed by atoms with van der Waals surface area (Å²) < 4.78 is 11.0. The number of rotatable bonds is 4. The van der Waals surface area contributed by atoms with E-state index in [9.17, 15) is 14.9 Å². The second-order valence-corrected chi connectivity index (χ2v) is 6.58. The predicted octanol–water partition coefficient (Wildman–Crippen LogP) is 4.01. The normalized spacial score (nSPS) is 15.6. The number of hydrogen-bond acceptors (Lipinski definition) is 6. The molecule has 0 aromatic heterocycles. The maximum absolute atomic E-state index is 12.8. The van der Waals surface area contributed by atoms with Gasteiger partial charge in [-0.15, -0.1) is 0 Å². The summed E-state index contributed by atoms with van der Waals surface area (Å²) in [6.07, 6.45) is 0. The first kappa shape index (κ1) is 18.5. The third kappa shape index (κ3) is 3.16. The number of benzene rings is 3. The molecule has 1 aliphatic rings. The van der Waals surface area contributed by atoms with Gasteiger partial charge in [0.1, 0.15) is 11.3 Å². The molecular weight excluding hydrogens is 372 g/mol. The zero-order valence-corrected chi connectivity index (χ0v) is 15.6. The van der Waals surface area contributed by atoms with E-state index in [-0.39, 0.29) is 23.8 Å². The van der Waals surface area contributed by atoms with E-state index < -0.39 is 16.8 Å². The van der Waals surface area contributed by atoms with Gasteiger partial charge in [0.15, 0.2) is 0 Å². The van der Waals surface area contributed by atoms with E-state index in [1.165, 1.54) is 12.1 Å². The predicted molar refractivity (Wildman–Crippen MR) is 107 cm³/mol. The Morgan fingerprint density at radius 1 is 1.14 bits per heavy atom. The molecule has 0 saturated carbocycles. The van der Waals surface area contributed by atoms with Crippen molar-refractivity contribution >= 4 is 22.4 Å². The quantitative estimate of drug-likeness (QED) is 0.410. The average molecular weight is 390 g/mol. The summed E-state index contributed by atoms with van der Waals surface area (Å²) >= 11 is 0. The molecule has 1 heterocycles. The van der Waals surface area contributed by atoms with Crippen LogP contribution in [0.25, 0.3) is 10.8 Å². The first-order valence-electron chi connectivity index (χ1n) is 9.12. The summed E-state index contributed by atoms with van der Waals surface area (Å²) in [6.45, 7) is 1.90. The monoisotopic (exact) mass is 390 g/mol. The summed E-state index contributed by atoms with van der Waals surface area (Å²) in [6, 6.07) is 17.6. The minimum absolute atomic E-state index is 0.0328. The van der Waals surface area contributed by atoms with Gasteiger partial charge in [-0.2, -0.15) is 0 Å². The van der Waals surface area contributed by atoms with Gasteiger partial charge in [0.2, 0.25) is 5.88 Å². The lowest BCUT2D eigenvalue weighted by Crippen LogP contribution is -2.27. The highest BCUT2D eigenvalue weighted by Crippen LogP contribution is 2.46. The highest BCUT2D eigenvalue weighted by molar-refractivity contribution is 5.97. The van der Waals surface area contributed by atoms with E-state index in [0.29, 0.717) is 11.3 Å². The Balaban J connectivity index is 1.98. The van der Waals surface area contributed by atoms with Crippen LogP contribution in [0.4, 0.5) is 5.69 Å². The molecule has 0 spiro atoms. The van der Waals surface area contributed by atoms with E-state index in [2.05, 4.69) is 0 Å². The van der Waals surface area contributed by atoms with Crippen LogP contribution in [0, 0.1) is 10.1 Å². The van der Waals surface area contributed by atoms with Crippen molar-refractivity contribution in [1.82, 2.24) is 0 Å². The van der Waals surface area contributed by atoms with Crippen LogP contribution in [0.1, 0.15) is 24.0 Å². The summed E-state index contributed by atoms with van der Waals surface area (Å²) in [4.78, 5) is 23.4. The number of carbonyl (C=O) groups is 1. The highest BCUT2D eigenvalue weighted by atomic mass is 16.6. The van der Waals surface area contributed by atoms with Crippen molar-refractivity contribution in [1.29, 1.82) is 0 Å². The van der Waals surface area contributed by atoms with Crippen LogP contribution in [0.3, 0.4) is 0 Å². The van der Waals surface area contributed by atoms with Crippen molar-refractivity contribution in [2.24, 2.45) is 5.73 Å². The minimum atomic E-state index is -0.579. The second-order valence-electron chi connectivity index (χ2n) is 6.58. The van der Waals surface area contributed by atoms with Gasteiger partial charge in [0, 0.05) is 17.7 Å². The van der Waals surface area contributed by atoms with Gasteiger partial charge in [0.05, 0.1) is 17.4 Å². The summed E-state index contributed by atoms with van der Waals surface area (Å²) in [5.74, 6) is -0.649. The van der Waals surface area contributed by atoms with Crippen molar-refractivity contribution in [3.63, 3.8) is 0 Å². The number of nitrogens with zero attached hydrogens (tertiary/aromatic N) is 1. The van der Waals surface area contributed by atoms with Crippen LogP contribution in [0.2, 0.25) is 0 Å². The summed E-state index contributed by atoms with van der Waals surface area (Å²) in [5.41, 5.74) is 7.73. The second kappa shape index (κ2) is 7.27. The molecule has 7 nitrogen and oxygen atoms in total. The lowest BCUT2D eigenvalue weighted by Gasteiger charge is -2.29. The van der Waals surface area contributed by atoms with Gasteiger partial charge in [-0.1, -0.05) is 42.5 Å². The number of nitro benzene ring substituents is 1. The third-order valence-corrected chi connectivity index (χ3v) is 4.93. The molecule has 0 radical (unpaired) electrons. The molecule has 3 aromatic rings. The fourth-order valence-corrected chi connectivity index (χ4v) is 3.67. The van der Waals surface area contributed by atoms with Gasteiger partial charge in [-0.05, 0) is 29.3 Å². The van der Waals surface area contributed by atoms with Gasteiger partial charge in [0.25, 0.3) is 5.69 Å². The van der Waals surface area contributed by atoms with E-state index in [1.54, 1.807) is 19.1 Å². The van der Waals surface area contributed by atoms with E-state index in [0.717, 1.165) is 16.3 Å². The molecule has 0 aliphatic carbocycles.